The molecule has 4 heteroatoms. The fourth-order valence-electron chi connectivity index (χ4n) is 1.12. The summed E-state index contributed by atoms with van der Waals surface area (Å²) in [7, 11) is -1.66. The van der Waals surface area contributed by atoms with Crippen molar-refractivity contribution in [2.75, 3.05) is 0 Å². The highest BCUT2D eigenvalue weighted by atomic mass is 28.4. The number of hydrogen-bond acceptors (Lipinski definition) is 3. The highest BCUT2D eigenvalue weighted by Crippen LogP contribution is 2.24. The first-order valence-corrected chi connectivity index (χ1v) is 8.03. The zero-order valence-corrected chi connectivity index (χ0v) is 10.9. The molecule has 3 nitrogen and oxygen atoms in total. The molecule has 14 heavy (non-hydrogen) atoms. The minimum Gasteiger partial charge on any atom is -0.429 e. The third kappa shape index (κ3) is 5.19. The summed E-state index contributed by atoms with van der Waals surface area (Å²) in [6, 6.07) is 0. The first kappa shape index (κ1) is 13.4. The molecule has 0 radical (unpaired) electrons. The van der Waals surface area contributed by atoms with E-state index in [1.54, 1.807) is 0 Å². The standard InChI is InChI=1S/C10H20O3Si/c1-8(12-9(2)11)10(3,4)13-14(5,6)7/h1H2,2-7H3. The fourth-order valence-corrected chi connectivity index (χ4v) is 2.76. The summed E-state index contributed by atoms with van der Waals surface area (Å²) in [6.07, 6.45) is 0. The van der Waals surface area contributed by atoms with Crippen LogP contribution in [0.5, 0.6) is 0 Å². The molecule has 0 spiro atoms. The van der Waals surface area contributed by atoms with Gasteiger partial charge >= 0.3 is 5.97 Å². The summed E-state index contributed by atoms with van der Waals surface area (Å²) in [6.45, 7) is 15.0. The molecule has 0 aliphatic rings. The van der Waals surface area contributed by atoms with Gasteiger partial charge in [0.05, 0.1) is 0 Å². The van der Waals surface area contributed by atoms with E-state index < -0.39 is 13.9 Å². The van der Waals surface area contributed by atoms with Crippen LogP contribution in [0.1, 0.15) is 20.8 Å². The van der Waals surface area contributed by atoms with E-state index in [0.717, 1.165) is 0 Å². The van der Waals surface area contributed by atoms with E-state index >= 15 is 0 Å². The van der Waals surface area contributed by atoms with E-state index in [1.807, 2.05) is 13.8 Å². The van der Waals surface area contributed by atoms with Gasteiger partial charge in [-0.1, -0.05) is 6.58 Å². The summed E-state index contributed by atoms with van der Waals surface area (Å²) in [5, 5.41) is 0. The Morgan fingerprint density at radius 3 is 2.00 bits per heavy atom. The monoisotopic (exact) mass is 216 g/mol. The van der Waals surface area contributed by atoms with Gasteiger partial charge < -0.3 is 9.16 Å². The van der Waals surface area contributed by atoms with E-state index in [-0.39, 0.29) is 5.97 Å². The lowest BCUT2D eigenvalue weighted by Crippen LogP contribution is -2.40. The summed E-state index contributed by atoms with van der Waals surface area (Å²) in [4.78, 5) is 10.7. The molecule has 0 aromatic carbocycles. The molecule has 0 aromatic heterocycles. The second-order valence-electron chi connectivity index (χ2n) is 4.74. The summed E-state index contributed by atoms with van der Waals surface area (Å²) < 4.78 is 10.8. The number of ether oxygens (including phenoxy) is 1. The Bertz CT molecular complexity index is 238. The van der Waals surface area contributed by atoms with Gasteiger partial charge in [-0.15, -0.1) is 0 Å². The molecule has 0 fully saturated rings. The van der Waals surface area contributed by atoms with E-state index in [9.17, 15) is 4.79 Å². The fraction of sp³-hybridized carbons (Fsp3) is 0.700. The van der Waals surface area contributed by atoms with Crippen LogP contribution < -0.4 is 0 Å². The van der Waals surface area contributed by atoms with Crippen LogP contribution >= 0.6 is 0 Å². The first-order valence-electron chi connectivity index (χ1n) is 4.62. The Hall–Kier alpha value is -0.613. The van der Waals surface area contributed by atoms with Gasteiger partial charge in [0.2, 0.25) is 0 Å². The van der Waals surface area contributed by atoms with Crippen molar-refractivity contribution in [3.63, 3.8) is 0 Å². The second-order valence-corrected chi connectivity index (χ2v) is 9.17. The molecule has 0 heterocycles. The van der Waals surface area contributed by atoms with E-state index in [1.165, 1.54) is 6.92 Å². The molecule has 0 amide bonds. The molecular weight excluding hydrogens is 196 g/mol. The molecule has 0 bridgehead atoms. The minimum absolute atomic E-state index is 0.359. The van der Waals surface area contributed by atoms with Crippen LogP contribution in [0, 0.1) is 0 Å². The maximum absolute atomic E-state index is 10.7. The van der Waals surface area contributed by atoms with Crippen LogP contribution in [0.4, 0.5) is 0 Å². The second kappa shape index (κ2) is 4.27. The lowest BCUT2D eigenvalue weighted by molar-refractivity contribution is -0.139. The van der Waals surface area contributed by atoms with Crippen LogP contribution in [0.2, 0.25) is 19.6 Å². The van der Waals surface area contributed by atoms with Crippen molar-refractivity contribution in [3.05, 3.63) is 12.3 Å². The summed E-state index contributed by atoms with van der Waals surface area (Å²) in [5.74, 6) is 0.00896. The Labute approximate surface area is 87.2 Å². The smallest absolute Gasteiger partial charge is 0.307 e. The topological polar surface area (TPSA) is 35.5 Å². The minimum atomic E-state index is -1.66. The van der Waals surface area contributed by atoms with Crippen molar-refractivity contribution in [3.8, 4) is 0 Å². The van der Waals surface area contributed by atoms with Gasteiger partial charge in [0, 0.05) is 6.92 Å². The van der Waals surface area contributed by atoms with Crippen molar-refractivity contribution in [2.45, 2.75) is 46.0 Å². The normalized spacial score (nSPS) is 12.4. The number of rotatable bonds is 4. The van der Waals surface area contributed by atoms with Gasteiger partial charge in [0.1, 0.15) is 11.4 Å². The molecule has 0 N–H and O–H groups in total. The van der Waals surface area contributed by atoms with Crippen LogP contribution in [0.3, 0.4) is 0 Å². The predicted molar refractivity (Wildman–Crippen MR) is 59.4 cm³/mol. The number of carbonyl (C=O) groups excluding carboxylic acids is 1. The third-order valence-electron chi connectivity index (χ3n) is 1.50. The van der Waals surface area contributed by atoms with Crippen molar-refractivity contribution in [2.24, 2.45) is 0 Å². The molecule has 0 saturated carbocycles. The van der Waals surface area contributed by atoms with Gasteiger partial charge in [-0.2, -0.15) is 0 Å². The van der Waals surface area contributed by atoms with Crippen LogP contribution in [-0.4, -0.2) is 19.9 Å². The zero-order chi connectivity index (χ0) is 11.6. The number of carbonyl (C=O) groups is 1. The molecule has 0 aliphatic heterocycles. The van der Waals surface area contributed by atoms with Gasteiger partial charge in [0.25, 0.3) is 0 Å². The summed E-state index contributed by atoms with van der Waals surface area (Å²) >= 11 is 0. The van der Waals surface area contributed by atoms with Crippen LogP contribution in [0.25, 0.3) is 0 Å². The molecular formula is C10H20O3Si. The Kier molecular flexibility index (Phi) is 4.09. The maximum Gasteiger partial charge on any atom is 0.307 e. The van der Waals surface area contributed by atoms with Crippen molar-refractivity contribution >= 4 is 14.3 Å². The van der Waals surface area contributed by atoms with Gasteiger partial charge in [-0.05, 0) is 33.5 Å². The average molecular weight is 216 g/mol. The van der Waals surface area contributed by atoms with Crippen LogP contribution in [0.15, 0.2) is 12.3 Å². The molecule has 0 unspecified atom stereocenters. The maximum atomic E-state index is 10.7. The van der Waals surface area contributed by atoms with Crippen molar-refractivity contribution in [1.29, 1.82) is 0 Å². The summed E-state index contributed by atoms with van der Waals surface area (Å²) in [5.41, 5.74) is -0.601. The van der Waals surface area contributed by atoms with Gasteiger partial charge in [0.15, 0.2) is 8.32 Å². The molecule has 0 saturated heterocycles. The van der Waals surface area contributed by atoms with E-state index in [4.69, 9.17) is 9.16 Å². The Morgan fingerprint density at radius 2 is 1.71 bits per heavy atom. The van der Waals surface area contributed by atoms with Crippen molar-refractivity contribution in [1.82, 2.24) is 0 Å². The largest absolute Gasteiger partial charge is 0.429 e. The molecule has 0 rings (SSSR count). The highest BCUT2D eigenvalue weighted by Gasteiger charge is 2.31. The lowest BCUT2D eigenvalue weighted by Gasteiger charge is -2.33. The predicted octanol–water partition coefficient (Wildman–Crippen LogP) is 2.69. The third-order valence-corrected chi connectivity index (χ3v) is 2.62. The first-order chi connectivity index (χ1) is 6.04. The molecule has 0 aromatic rings. The quantitative estimate of drug-likeness (QED) is 0.412. The molecule has 0 aliphatic carbocycles. The van der Waals surface area contributed by atoms with Crippen molar-refractivity contribution < 1.29 is 14.0 Å². The zero-order valence-electron chi connectivity index (χ0n) is 9.93. The SMILES string of the molecule is C=C(OC(C)=O)C(C)(C)O[Si](C)(C)C. The lowest BCUT2D eigenvalue weighted by atomic mass is 10.1. The molecule has 82 valence electrons. The van der Waals surface area contributed by atoms with E-state index in [2.05, 4.69) is 26.2 Å². The average Bonchev–Trinajstić information content (AvgIpc) is 1.78. The Balaban J connectivity index is 4.46. The molecule has 0 atom stereocenters. The van der Waals surface area contributed by atoms with E-state index in [0.29, 0.717) is 5.76 Å². The number of esters is 1. The van der Waals surface area contributed by atoms with Crippen LogP contribution in [-0.2, 0) is 14.0 Å². The highest BCUT2D eigenvalue weighted by molar-refractivity contribution is 6.69. The Morgan fingerprint density at radius 1 is 1.29 bits per heavy atom. The number of hydrogen-bond donors (Lipinski definition) is 0. The van der Waals surface area contributed by atoms with Gasteiger partial charge in [-0.3, -0.25) is 4.79 Å². The van der Waals surface area contributed by atoms with Gasteiger partial charge in [-0.25, -0.2) is 0 Å².